The van der Waals surface area contributed by atoms with Crippen molar-refractivity contribution in [3.05, 3.63) is 89.0 Å². The average molecular weight is 583 g/mol. The minimum absolute atomic E-state index is 0.00289. The number of aromatic nitrogens is 8. The van der Waals surface area contributed by atoms with Gasteiger partial charge in [-0.2, -0.15) is 18.9 Å². The molecular formula is C25H21ClF2N10O3. The molecule has 0 saturated heterocycles. The third-order valence-electron chi connectivity index (χ3n) is 6.28. The molecule has 0 aliphatic rings. The van der Waals surface area contributed by atoms with Gasteiger partial charge in [-0.05, 0) is 40.8 Å². The molecule has 0 bridgehead atoms. The summed E-state index contributed by atoms with van der Waals surface area (Å²) in [7, 11) is 2.71. The summed E-state index contributed by atoms with van der Waals surface area (Å²) in [5.41, 5.74) is 6.64. The van der Waals surface area contributed by atoms with Gasteiger partial charge in [0.25, 0.3) is 0 Å². The van der Waals surface area contributed by atoms with Crippen molar-refractivity contribution in [3.63, 3.8) is 0 Å². The Morgan fingerprint density at radius 3 is 2.71 bits per heavy atom. The molecule has 2 N–H and O–H groups in total. The van der Waals surface area contributed by atoms with Crippen LogP contribution in [0.15, 0.2) is 61.3 Å². The molecule has 0 fully saturated rings. The number of nitrogens with two attached hydrogens (primary N) is 1. The van der Waals surface area contributed by atoms with E-state index in [1.807, 2.05) is 0 Å². The largest absolute Gasteiger partial charge is 0.618 e. The second-order valence-electron chi connectivity index (χ2n) is 8.83. The van der Waals surface area contributed by atoms with Crippen LogP contribution in [0.1, 0.15) is 11.7 Å². The number of nitrogen functional groups attached to an aromatic ring is 1. The topological polar surface area (TPSA) is 157 Å². The number of methoxy groups -OCH3 is 1. The van der Waals surface area contributed by atoms with Crippen molar-refractivity contribution < 1.29 is 23.0 Å². The van der Waals surface area contributed by atoms with Crippen molar-refractivity contribution >= 4 is 23.5 Å². The highest BCUT2D eigenvalue weighted by molar-refractivity contribution is 6.31. The van der Waals surface area contributed by atoms with Crippen molar-refractivity contribution in [2.45, 2.75) is 6.04 Å². The van der Waals surface area contributed by atoms with E-state index in [1.54, 1.807) is 0 Å². The summed E-state index contributed by atoms with van der Waals surface area (Å²) < 4.78 is 37.7. The smallest absolute Gasteiger partial charge is 0.409 e. The van der Waals surface area contributed by atoms with Crippen molar-refractivity contribution in [3.8, 4) is 27.9 Å². The summed E-state index contributed by atoms with van der Waals surface area (Å²) in [5, 5.41) is 28.6. The summed E-state index contributed by atoms with van der Waals surface area (Å²) in [6.07, 6.45) is 4.69. The Kier molecular flexibility index (Phi) is 7.43. The molecule has 5 rings (SSSR count). The zero-order valence-electron chi connectivity index (χ0n) is 21.5. The molecule has 0 spiro atoms. The zero-order valence-corrected chi connectivity index (χ0v) is 22.3. The van der Waals surface area contributed by atoms with E-state index in [2.05, 4.69) is 25.6 Å². The van der Waals surface area contributed by atoms with Crippen LogP contribution in [0.3, 0.4) is 0 Å². The number of nitrogens with zero attached hydrogens (tertiary/aromatic N) is 9. The first-order valence-electron chi connectivity index (χ1n) is 11.9. The summed E-state index contributed by atoms with van der Waals surface area (Å²) in [5.74, 6) is -1.55. The molecule has 1 aromatic carbocycles. The average Bonchev–Trinajstić information content (AvgIpc) is 3.66. The highest BCUT2D eigenvalue weighted by Crippen LogP contribution is 2.33. The first kappa shape index (κ1) is 27.4. The molecule has 0 aliphatic carbocycles. The lowest BCUT2D eigenvalue weighted by Gasteiger charge is -2.23. The standard InChI is InChI=1S/C25H21ClF2N10O3/c1-35(25(39)41-2)12-20(36-10-15(9-31-36)16-4-8-21(29)32-24(16)28)18-6-3-14(11-38(18)40)22-19(37-13-30-33-34-37)7-5-17(26)23(22)27/h3-11,13,20H,12H2,1-2H3,(H2,29,32). The summed E-state index contributed by atoms with van der Waals surface area (Å²) >= 11 is 6.05. The lowest BCUT2D eigenvalue weighted by Crippen LogP contribution is -2.41. The summed E-state index contributed by atoms with van der Waals surface area (Å²) in [6.45, 7) is -0.0563. The van der Waals surface area contributed by atoms with Gasteiger partial charge in [-0.25, -0.2) is 14.2 Å². The van der Waals surface area contributed by atoms with Crippen LogP contribution >= 0.6 is 11.6 Å². The first-order chi connectivity index (χ1) is 19.7. The van der Waals surface area contributed by atoms with Crippen molar-refractivity contribution in [2.75, 3.05) is 26.4 Å². The number of amides is 1. The van der Waals surface area contributed by atoms with Crippen LogP contribution in [0.25, 0.3) is 27.9 Å². The Hall–Kier alpha value is -5.18. The van der Waals surface area contributed by atoms with Crippen LogP contribution in [0.4, 0.5) is 19.4 Å². The molecule has 0 aliphatic heterocycles. The normalized spacial score (nSPS) is 11.8. The second kappa shape index (κ2) is 11.1. The number of hydrogen-bond acceptors (Lipinski definition) is 9. The number of benzene rings is 1. The minimum Gasteiger partial charge on any atom is -0.618 e. The summed E-state index contributed by atoms with van der Waals surface area (Å²) in [6, 6.07) is 7.89. The maximum atomic E-state index is 15.3. The summed E-state index contributed by atoms with van der Waals surface area (Å²) in [4.78, 5) is 17.1. The van der Waals surface area contributed by atoms with Crippen molar-refractivity contribution in [1.29, 1.82) is 0 Å². The van der Waals surface area contributed by atoms with Gasteiger partial charge < -0.3 is 20.6 Å². The second-order valence-corrected chi connectivity index (χ2v) is 9.24. The van der Waals surface area contributed by atoms with Gasteiger partial charge in [-0.3, -0.25) is 4.68 Å². The third kappa shape index (κ3) is 5.34. The molecule has 210 valence electrons. The van der Waals surface area contributed by atoms with Crippen LogP contribution in [-0.2, 0) is 4.74 Å². The number of carbonyl (C=O) groups is 1. The van der Waals surface area contributed by atoms with E-state index in [0.29, 0.717) is 10.3 Å². The molecule has 4 heterocycles. The number of anilines is 1. The number of likely N-dealkylation sites (N-methyl/N-ethyl adjacent to an activating group) is 1. The van der Waals surface area contributed by atoms with Gasteiger partial charge in [0.15, 0.2) is 18.1 Å². The fourth-order valence-electron chi connectivity index (χ4n) is 4.29. The molecule has 4 aromatic heterocycles. The SMILES string of the molecule is COC(=O)N(C)CC(c1ccc(-c2c(-n3cnnn3)ccc(Cl)c2F)c[n+]1[O-])n1cc(-c2ccc(N)nc2F)cn1. The van der Waals surface area contributed by atoms with Crippen LogP contribution in [-0.4, -0.2) is 66.7 Å². The van der Waals surface area contributed by atoms with E-state index >= 15 is 4.39 Å². The van der Waals surface area contributed by atoms with E-state index in [0.717, 1.165) is 6.20 Å². The molecule has 16 heteroatoms. The molecule has 0 saturated carbocycles. The Labute approximate surface area is 235 Å². The fourth-order valence-corrected chi connectivity index (χ4v) is 4.45. The fraction of sp³-hybridized carbons (Fsp3) is 0.160. The number of tetrazole rings is 1. The van der Waals surface area contributed by atoms with Gasteiger partial charge in [0, 0.05) is 30.4 Å². The number of halogens is 3. The number of hydrogen-bond donors (Lipinski definition) is 1. The van der Waals surface area contributed by atoms with E-state index in [9.17, 15) is 14.4 Å². The predicted molar refractivity (Wildman–Crippen MR) is 142 cm³/mol. The van der Waals surface area contributed by atoms with Gasteiger partial charge in [0.05, 0.1) is 41.7 Å². The number of ether oxygens (including phenoxy) is 1. The first-order valence-corrected chi connectivity index (χ1v) is 12.3. The zero-order chi connectivity index (χ0) is 29.3. The van der Waals surface area contributed by atoms with Crippen molar-refractivity contribution in [1.82, 2.24) is 39.9 Å². The number of carbonyl (C=O) groups excluding carboxylic acids is 1. The van der Waals surface area contributed by atoms with Crippen LogP contribution in [0.5, 0.6) is 0 Å². The maximum Gasteiger partial charge on any atom is 0.409 e. The minimum atomic E-state index is -0.868. The molecule has 1 unspecified atom stereocenters. The molecule has 0 radical (unpaired) electrons. The lowest BCUT2D eigenvalue weighted by atomic mass is 10.0. The van der Waals surface area contributed by atoms with Gasteiger partial charge >= 0.3 is 6.09 Å². The van der Waals surface area contributed by atoms with E-state index in [1.165, 1.54) is 83.5 Å². The Bertz CT molecular complexity index is 1730. The van der Waals surface area contributed by atoms with E-state index < -0.39 is 23.9 Å². The Morgan fingerprint density at radius 1 is 1.22 bits per heavy atom. The van der Waals surface area contributed by atoms with Crippen LogP contribution in [0.2, 0.25) is 5.02 Å². The van der Waals surface area contributed by atoms with E-state index in [-0.39, 0.29) is 45.5 Å². The van der Waals surface area contributed by atoms with Crippen LogP contribution < -0.4 is 10.5 Å². The maximum absolute atomic E-state index is 15.3. The van der Waals surface area contributed by atoms with Crippen LogP contribution in [0, 0.1) is 17.0 Å². The third-order valence-corrected chi connectivity index (χ3v) is 6.57. The molecular weight excluding hydrogens is 562 g/mol. The molecule has 1 amide bonds. The molecule has 1 atom stereocenters. The molecule has 41 heavy (non-hydrogen) atoms. The quantitative estimate of drug-likeness (QED) is 0.173. The Morgan fingerprint density at radius 2 is 2.02 bits per heavy atom. The highest BCUT2D eigenvalue weighted by Gasteiger charge is 2.29. The predicted octanol–water partition coefficient (Wildman–Crippen LogP) is 3.02. The van der Waals surface area contributed by atoms with Gasteiger partial charge in [-0.1, -0.05) is 11.6 Å². The lowest BCUT2D eigenvalue weighted by molar-refractivity contribution is -0.615. The molecule has 5 aromatic rings. The van der Waals surface area contributed by atoms with Gasteiger partial charge in [0.2, 0.25) is 11.6 Å². The highest BCUT2D eigenvalue weighted by atomic mass is 35.5. The van der Waals surface area contributed by atoms with Gasteiger partial charge in [-0.15, -0.1) is 5.10 Å². The number of pyridine rings is 2. The van der Waals surface area contributed by atoms with Gasteiger partial charge in [0.1, 0.15) is 12.1 Å². The monoisotopic (exact) mass is 582 g/mol. The molecule has 13 nitrogen and oxygen atoms in total. The van der Waals surface area contributed by atoms with Crippen molar-refractivity contribution in [2.24, 2.45) is 0 Å². The number of rotatable bonds is 7. The Balaban J connectivity index is 1.59. The van der Waals surface area contributed by atoms with E-state index in [4.69, 9.17) is 22.1 Å².